The molecule has 0 aliphatic heterocycles. The molecule has 0 bridgehead atoms. The molecule has 1 aliphatic carbocycles. The predicted octanol–water partition coefficient (Wildman–Crippen LogP) is 6.48. The molecule has 112 valence electrons. The minimum atomic E-state index is 0.0580. The number of hydrogen-bond donors (Lipinski definition) is 0. The zero-order valence-electron chi connectivity index (χ0n) is 14.2. The van der Waals surface area contributed by atoms with Crippen molar-refractivity contribution in [3.8, 4) is 0 Å². The fourth-order valence-corrected chi connectivity index (χ4v) is 2.77. The second-order valence-electron chi connectivity index (χ2n) is 5.73. The van der Waals surface area contributed by atoms with Crippen LogP contribution in [0.2, 0.25) is 0 Å². The van der Waals surface area contributed by atoms with Crippen LogP contribution in [0, 0.1) is 5.41 Å². The van der Waals surface area contributed by atoms with Gasteiger partial charge in [0, 0.05) is 5.41 Å². The lowest BCUT2D eigenvalue weighted by Gasteiger charge is -2.35. The first-order valence-electron chi connectivity index (χ1n) is 7.56. The van der Waals surface area contributed by atoms with Gasteiger partial charge in [-0.25, -0.2) is 0 Å². The molecular formula is C21H28. The fourth-order valence-electron chi connectivity index (χ4n) is 2.77. The molecule has 0 saturated heterocycles. The van der Waals surface area contributed by atoms with Crippen molar-refractivity contribution in [2.45, 2.75) is 41.0 Å². The van der Waals surface area contributed by atoms with Crippen molar-refractivity contribution in [1.82, 2.24) is 0 Å². The smallest absolute Gasteiger partial charge is 0.0306 e. The van der Waals surface area contributed by atoms with Gasteiger partial charge in [-0.05, 0) is 63.3 Å². The zero-order chi connectivity index (χ0) is 16.0. The molecule has 0 aromatic carbocycles. The quantitative estimate of drug-likeness (QED) is 0.386. The van der Waals surface area contributed by atoms with Gasteiger partial charge in [0.15, 0.2) is 0 Å². The molecule has 0 heteroatoms. The highest BCUT2D eigenvalue weighted by molar-refractivity contribution is 5.52. The molecule has 0 nitrogen and oxygen atoms in total. The SMILES string of the molecule is C=C\C=C(C)/C(/C=C\C)=C(C)/C(C)=C(/C)C1(C=C)C=CC1. The van der Waals surface area contributed by atoms with Crippen LogP contribution in [0.15, 0.2) is 83.6 Å². The van der Waals surface area contributed by atoms with Crippen molar-refractivity contribution >= 4 is 0 Å². The van der Waals surface area contributed by atoms with E-state index in [2.05, 4.69) is 84.2 Å². The summed E-state index contributed by atoms with van der Waals surface area (Å²) in [6, 6.07) is 0. The maximum absolute atomic E-state index is 4.02. The minimum absolute atomic E-state index is 0.0580. The van der Waals surface area contributed by atoms with E-state index in [1.165, 1.54) is 27.9 Å². The summed E-state index contributed by atoms with van der Waals surface area (Å²) in [6.45, 7) is 18.7. The summed E-state index contributed by atoms with van der Waals surface area (Å²) in [5.74, 6) is 0. The van der Waals surface area contributed by atoms with Crippen LogP contribution in [0.1, 0.15) is 41.0 Å². The maximum Gasteiger partial charge on any atom is 0.0306 e. The van der Waals surface area contributed by atoms with Crippen molar-refractivity contribution < 1.29 is 0 Å². The molecule has 1 unspecified atom stereocenters. The zero-order valence-corrected chi connectivity index (χ0v) is 14.2. The van der Waals surface area contributed by atoms with Gasteiger partial charge in [0.1, 0.15) is 0 Å². The van der Waals surface area contributed by atoms with E-state index >= 15 is 0 Å². The highest BCUT2D eigenvalue weighted by atomic mass is 14.3. The summed E-state index contributed by atoms with van der Waals surface area (Å²) in [5, 5.41) is 0. The maximum atomic E-state index is 4.02. The van der Waals surface area contributed by atoms with E-state index in [4.69, 9.17) is 0 Å². The van der Waals surface area contributed by atoms with Gasteiger partial charge in [-0.1, -0.05) is 54.7 Å². The Kier molecular flexibility index (Phi) is 5.96. The van der Waals surface area contributed by atoms with Crippen LogP contribution in [-0.2, 0) is 0 Å². The van der Waals surface area contributed by atoms with Gasteiger partial charge in [-0.3, -0.25) is 0 Å². The first-order valence-corrected chi connectivity index (χ1v) is 7.56. The van der Waals surface area contributed by atoms with Crippen molar-refractivity contribution in [2.75, 3.05) is 0 Å². The van der Waals surface area contributed by atoms with Crippen LogP contribution >= 0.6 is 0 Å². The lowest BCUT2D eigenvalue weighted by Crippen LogP contribution is -2.23. The van der Waals surface area contributed by atoms with Crippen LogP contribution in [0.5, 0.6) is 0 Å². The van der Waals surface area contributed by atoms with Crippen LogP contribution in [0.3, 0.4) is 0 Å². The van der Waals surface area contributed by atoms with Gasteiger partial charge >= 0.3 is 0 Å². The number of allylic oxidation sites excluding steroid dienone is 12. The van der Waals surface area contributed by atoms with Crippen LogP contribution in [0.4, 0.5) is 0 Å². The van der Waals surface area contributed by atoms with E-state index in [0.717, 1.165) is 6.42 Å². The molecule has 0 spiro atoms. The standard InChI is InChI=1S/C21H28/c1-8-12-16(4)20(13-9-2)18(6)17(5)19(7)21(10-3)14-11-15-21/h8-14H,1,3,15H2,2,4-7H3/b13-9-,16-12-,19-17-,20-18+. The summed E-state index contributed by atoms with van der Waals surface area (Å²) in [4.78, 5) is 0. The van der Waals surface area contributed by atoms with E-state index in [1.54, 1.807) is 0 Å². The lowest BCUT2D eigenvalue weighted by atomic mass is 9.69. The summed E-state index contributed by atoms with van der Waals surface area (Å²) in [5.41, 5.74) is 6.64. The Morgan fingerprint density at radius 2 is 1.71 bits per heavy atom. The molecule has 0 heterocycles. The van der Waals surface area contributed by atoms with Crippen molar-refractivity contribution in [2.24, 2.45) is 5.41 Å². The Balaban J connectivity index is 3.42. The summed E-state index contributed by atoms with van der Waals surface area (Å²) in [7, 11) is 0. The van der Waals surface area contributed by atoms with Crippen LogP contribution < -0.4 is 0 Å². The van der Waals surface area contributed by atoms with E-state index in [-0.39, 0.29) is 5.41 Å². The molecule has 0 radical (unpaired) electrons. The van der Waals surface area contributed by atoms with Gasteiger partial charge < -0.3 is 0 Å². The summed E-state index contributed by atoms with van der Waals surface area (Å²) in [6.07, 6.45) is 15.8. The molecular weight excluding hydrogens is 252 g/mol. The predicted molar refractivity (Wildman–Crippen MR) is 96.2 cm³/mol. The third kappa shape index (κ3) is 3.44. The number of rotatable bonds is 6. The lowest BCUT2D eigenvalue weighted by molar-refractivity contribution is 0.539. The van der Waals surface area contributed by atoms with E-state index in [0.29, 0.717) is 0 Å². The molecule has 1 atom stereocenters. The largest absolute Gasteiger partial charge is 0.102 e. The second kappa shape index (κ2) is 7.26. The second-order valence-corrected chi connectivity index (χ2v) is 5.73. The Hall–Kier alpha value is -1.82. The Morgan fingerprint density at radius 3 is 2.10 bits per heavy atom. The van der Waals surface area contributed by atoms with Gasteiger partial charge in [-0.15, -0.1) is 6.58 Å². The average molecular weight is 280 g/mol. The molecule has 0 fully saturated rings. The normalized spacial score (nSPS) is 24.3. The summed E-state index contributed by atoms with van der Waals surface area (Å²) >= 11 is 0. The minimum Gasteiger partial charge on any atom is -0.102 e. The van der Waals surface area contributed by atoms with Crippen LogP contribution in [0.25, 0.3) is 0 Å². The molecule has 21 heavy (non-hydrogen) atoms. The Morgan fingerprint density at radius 1 is 1.10 bits per heavy atom. The molecule has 1 rings (SSSR count). The molecule has 0 N–H and O–H groups in total. The van der Waals surface area contributed by atoms with Gasteiger partial charge in [0.25, 0.3) is 0 Å². The highest BCUT2D eigenvalue weighted by Gasteiger charge is 2.31. The van der Waals surface area contributed by atoms with Gasteiger partial charge in [0.05, 0.1) is 0 Å². The molecule has 1 aliphatic rings. The highest BCUT2D eigenvalue weighted by Crippen LogP contribution is 2.44. The van der Waals surface area contributed by atoms with E-state index in [9.17, 15) is 0 Å². The fraction of sp³-hybridized carbons (Fsp3) is 0.333. The topological polar surface area (TPSA) is 0 Å². The van der Waals surface area contributed by atoms with Gasteiger partial charge in [-0.2, -0.15) is 0 Å². The van der Waals surface area contributed by atoms with Gasteiger partial charge in [0.2, 0.25) is 0 Å². The molecule has 0 amide bonds. The number of hydrogen-bond acceptors (Lipinski definition) is 0. The van der Waals surface area contributed by atoms with Crippen molar-refractivity contribution in [3.63, 3.8) is 0 Å². The third-order valence-corrected chi connectivity index (χ3v) is 4.59. The first-order chi connectivity index (χ1) is 9.93. The monoisotopic (exact) mass is 280 g/mol. The van der Waals surface area contributed by atoms with Crippen LogP contribution in [-0.4, -0.2) is 0 Å². The third-order valence-electron chi connectivity index (χ3n) is 4.59. The van der Waals surface area contributed by atoms with Crippen molar-refractivity contribution in [3.05, 3.63) is 83.6 Å². The van der Waals surface area contributed by atoms with E-state index < -0.39 is 0 Å². The van der Waals surface area contributed by atoms with Crippen molar-refractivity contribution in [1.29, 1.82) is 0 Å². The molecule has 0 saturated carbocycles. The molecule has 0 aromatic heterocycles. The summed E-state index contributed by atoms with van der Waals surface area (Å²) < 4.78 is 0. The first kappa shape index (κ1) is 17.2. The Bertz CT molecular complexity index is 573. The average Bonchev–Trinajstić information content (AvgIpc) is 2.42. The molecule has 0 aromatic rings. The van der Waals surface area contributed by atoms with E-state index in [1.807, 2.05) is 6.08 Å². The Labute approximate surface area is 130 Å².